The molecule has 0 bridgehead atoms. The highest BCUT2D eigenvalue weighted by atomic mass is 19.1. The zero-order chi connectivity index (χ0) is 23.3. The highest BCUT2D eigenvalue weighted by molar-refractivity contribution is 6.02. The molecule has 1 unspecified atom stereocenters. The number of esters is 1. The average Bonchev–Trinajstić information content (AvgIpc) is 3.14. The summed E-state index contributed by atoms with van der Waals surface area (Å²) in [7, 11) is 1.25. The van der Waals surface area contributed by atoms with Crippen LogP contribution in [0.3, 0.4) is 0 Å². The molecule has 1 atom stereocenters. The van der Waals surface area contributed by atoms with Gasteiger partial charge < -0.3 is 20.5 Å². The Morgan fingerprint density at radius 2 is 1.94 bits per heavy atom. The number of benzene rings is 2. The Hall–Kier alpha value is -3.46. The molecule has 0 spiro atoms. The van der Waals surface area contributed by atoms with Crippen LogP contribution in [0.25, 0.3) is 10.9 Å². The van der Waals surface area contributed by atoms with Crippen LogP contribution in [0.1, 0.15) is 30.6 Å². The maximum atomic E-state index is 13.3. The van der Waals surface area contributed by atoms with Crippen molar-refractivity contribution in [2.45, 2.75) is 32.9 Å². The molecule has 0 saturated carbocycles. The van der Waals surface area contributed by atoms with Crippen molar-refractivity contribution in [1.29, 1.82) is 0 Å². The van der Waals surface area contributed by atoms with Gasteiger partial charge in [0.2, 0.25) is 0 Å². The highest BCUT2D eigenvalue weighted by Crippen LogP contribution is 2.31. The molecule has 0 aliphatic heterocycles. The van der Waals surface area contributed by atoms with Gasteiger partial charge in [-0.05, 0) is 55.3 Å². The molecule has 32 heavy (non-hydrogen) atoms. The number of amides is 1. The number of halogens is 1. The monoisotopic (exact) mass is 442 g/mol. The van der Waals surface area contributed by atoms with E-state index in [1.807, 2.05) is 4.68 Å². The van der Waals surface area contributed by atoms with Crippen molar-refractivity contribution in [3.05, 3.63) is 54.0 Å². The van der Waals surface area contributed by atoms with Crippen LogP contribution in [-0.4, -0.2) is 41.4 Å². The van der Waals surface area contributed by atoms with Crippen LogP contribution >= 0.6 is 0 Å². The number of carbonyl (C=O) groups excluding carboxylic acids is 2. The van der Waals surface area contributed by atoms with Crippen molar-refractivity contribution >= 4 is 22.8 Å². The maximum absolute atomic E-state index is 13.3. The molecule has 1 heterocycles. The fourth-order valence-electron chi connectivity index (χ4n) is 3.28. The van der Waals surface area contributed by atoms with E-state index in [0.717, 1.165) is 10.9 Å². The number of hydrogen-bond donors (Lipinski definition) is 2. The van der Waals surface area contributed by atoms with Gasteiger partial charge in [0.05, 0.1) is 24.4 Å². The molecule has 0 aliphatic rings. The summed E-state index contributed by atoms with van der Waals surface area (Å²) in [6.45, 7) is 5.00. The van der Waals surface area contributed by atoms with Crippen LogP contribution in [0.4, 0.5) is 4.39 Å². The van der Waals surface area contributed by atoms with Gasteiger partial charge in [-0.2, -0.15) is 5.10 Å². The summed E-state index contributed by atoms with van der Waals surface area (Å²) in [5, 5.41) is 7.87. The first-order valence-electron chi connectivity index (χ1n) is 10.3. The minimum absolute atomic E-state index is 0.194. The number of hydrogen-bond acceptors (Lipinski definition) is 6. The molecule has 0 saturated heterocycles. The molecule has 3 aromatic rings. The number of aromatic nitrogens is 2. The summed E-state index contributed by atoms with van der Waals surface area (Å²) >= 11 is 0. The van der Waals surface area contributed by atoms with Gasteiger partial charge >= 0.3 is 5.97 Å². The first-order chi connectivity index (χ1) is 15.3. The van der Waals surface area contributed by atoms with Crippen LogP contribution in [0, 0.1) is 11.7 Å². The molecule has 8 nitrogen and oxygen atoms in total. The largest absolute Gasteiger partial charge is 0.467 e. The van der Waals surface area contributed by atoms with Crippen molar-refractivity contribution in [2.24, 2.45) is 11.7 Å². The summed E-state index contributed by atoms with van der Waals surface area (Å²) in [5.74, 6) is -0.550. The van der Waals surface area contributed by atoms with Crippen LogP contribution < -0.4 is 15.8 Å². The number of nitrogens with two attached hydrogens (primary N) is 1. The van der Waals surface area contributed by atoms with Crippen LogP contribution in [-0.2, 0) is 16.1 Å². The number of fused-ring (bicyclic) bond motifs is 1. The lowest BCUT2D eigenvalue weighted by Crippen LogP contribution is -2.42. The van der Waals surface area contributed by atoms with Crippen LogP contribution in [0.5, 0.6) is 11.5 Å². The van der Waals surface area contributed by atoms with E-state index in [1.54, 1.807) is 18.3 Å². The Bertz CT molecular complexity index is 1100. The maximum Gasteiger partial charge on any atom is 0.328 e. The Labute approximate surface area is 185 Å². The average molecular weight is 442 g/mol. The van der Waals surface area contributed by atoms with E-state index >= 15 is 0 Å². The third kappa shape index (κ3) is 5.42. The van der Waals surface area contributed by atoms with Gasteiger partial charge in [-0.1, -0.05) is 13.8 Å². The zero-order valence-corrected chi connectivity index (χ0v) is 18.3. The predicted molar refractivity (Wildman–Crippen MR) is 118 cm³/mol. The van der Waals surface area contributed by atoms with Crippen LogP contribution in [0.2, 0.25) is 0 Å². The standard InChI is InChI=1S/C23H27FN4O4/c1-14(2)13-28-20-11-18(22(29)27-19(8-9-25)23(30)31-3)21(10-15(20)12-26-28)32-17-6-4-16(24)5-7-17/h4-7,10-12,14,19H,8-9,13,25H2,1-3H3,(H,27,29). The highest BCUT2D eigenvalue weighted by Gasteiger charge is 2.24. The summed E-state index contributed by atoms with van der Waals surface area (Å²) < 4.78 is 25.8. The normalized spacial score (nSPS) is 12.1. The van der Waals surface area contributed by atoms with Gasteiger partial charge in [0.15, 0.2) is 0 Å². The number of ether oxygens (including phenoxy) is 2. The lowest BCUT2D eigenvalue weighted by Gasteiger charge is -2.18. The van der Waals surface area contributed by atoms with E-state index in [4.69, 9.17) is 15.2 Å². The van der Waals surface area contributed by atoms with Gasteiger partial charge in [-0.25, -0.2) is 9.18 Å². The summed E-state index contributed by atoms with van der Waals surface area (Å²) in [4.78, 5) is 25.2. The van der Waals surface area contributed by atoms with Gasteiger partial charge in [-0.3, -0.25) is 9.48 Å². The number of methoxy groups -OCH3 is 1. The molecule has 9 heteroatoms. The van der Waals surface area contributed by atoms with Crippen molar-refractivity contribution in [1.82, 2.24) is 15.1 Å². The first-order valence-corrected chi connectivity index (χ1v) is 10.3. The minimum atomic E-state index is -0.896. The van der Waals surface area contributed by atoms with E-state index < -0.39 is 23.7 Å². The second kappa shape index (κ2) is 10.2. The molecule has 2 aromatic carbocycles. The number of nitrogens with one attached hydrogen (secondary N) is 1. The molecule has 0 aliphatic carbocycles. The summed E-state index contributed by atoms with van der Waals surface area (Å²) in [6, 6.07) is 7.95. The Morgan fingerprint density at radius 3 is 2.56 bits per heavy atom. The molecular formula is C23H27FN4O4. The first kappa shape index (κ1) is 23.2. The van der Waals surface area contributed by atoms with Crippen molar-refractivity contribution in [2.75, 3.05) is 13.7 Å². The molecular weight excluding hydrogens is 415 g/mol. The smallest absolute Gasteiger partial charge is 0.328 e. The molecule has 0 fully saturated rings. The van der Waals surface area contributed by atoms with E-state index in [2.05, 4.69) is 24.3 Å². The molecule has 1 aromatic heterocycles. The van der Waals surface area contributed by atoms with Crippen LogP contribution in [0.15, 0.2) is 42.6 Å². The number of rotatable bonds is 9. The van der Waals surface area contributed by atoms with E-state index in [1.165, 1.54) is 31.4 Å². The third-order valence-electron chi connectivity index (χ3n) is 4.81. The second-order valence-electron chi connectivity index (χ2n) is 7.81. The van der Waals surface area contributed by atoms with Crippen molar-refractivity contribution in [3.63, 3.8) is 0 Å². The zero-order valence-electron chi connectivity index (χ0n) is 18.3. The number of nitrogens with zero attached hydrogens (tertiary/aromatic N) is 2. The Morgan fingerprint density at radius 1 is 1.22 bits per heavy atom. The fraction of sp³-hybridized carbons (Fsp3) is 0.348. The quantitative estimate of drug-likeness (QED) is 0.493. The van der Waals surface area contributed by atoms with E-state index in [9.17, 15) is 14.0 Å². The van der Waals surface area contributed by atoms with Crippen molar-refractivity contribution < 1.29 is 23.5 Å². The Kier molecular flexibility index (Phi) is 7.42. The van der Waals surface area contributed by atoms with Gasteiger partial charge in [-0.15, -0.1) is 0 Å². The lowest BCUT2D eigenvalue weighted by molar-refractivity contribution is -0.143. The Balaban J connectivity index is 2.03. The fourth-order valence-corrected chi connectivity index (χ4v) is 3.28. The molecule has 3 rings (SSSR count). The van der Waals surface area contributed by atoms with E-state index in [-0.39, 0.29) is 24.3 Å². The van der Waals surface area contributed by atoms with E-state index in [0.29, 0.717) is 18.2 Å². The molecule has 1 amide bonds. The molecule has 170 valence electrons. The van der Waals surface area contributed by atoms with Crippen molar-refractivity contribution in [3.8, 4) is 11.5 Å². The molecule has 3 N–H and O–H groups in total. The van der Waals surface area contributed by atoms with Gasteiger partial charge in [0, 0.05) is 11.9 Å². The summed E-state index contributed by atoms with van der Waals surface area (Å²) in [6.07, 6.45) is 1.92. The minimum Gasteiger partial charge on any atom is -0.467 e. The van der Waals surface area contributed by atoms with Gasteiger partial charge in [0.25, 0.3) is 5.91 Å². The van der Waals surface area contributed by atoms with Gasteiger partial charge in [0.1, 0.15) is 23.4 Å². The lowest BCUT2D eigenvalue weighted by atomic mass is 10.1. The summed E-state index contributed by atoms with van der Waals surface area (Å²) in [5.41, 5.74) is 6.54. The predicted octanol–water partition coefficient (Wildman–Crippen LogP) is 3.24. The second-order valence-corrected chi connectivity index (χ2v) is 7.81. The third-order valence-corrected chi connectivity index (χ3v) is 4.81. The topological polar surface area (TPSA) is 108 Å². The SMILES string of the molecule is COC(=O)C(CCN)NC(=O)c1cc2c(cnn2CC(C)C)cc1Oc1ccc(F)cc1. The molecule has 0 radical (unpaired) electrons. The number of carbonyl (C=O) groups is 2.